The number of nitrogens with zero attached hydrogens (tertiary/aromatic N) is 4. The average molecular weight is 574 g/mol. The third-order valence-electron chi connectivity index (χ3n) is 7.77. The summed E-state index contributed by atoms with van der Waals surface area (Å²) in [5, 5.41) is 13.8. The van der Waals surface area contributed by atoms with Crippen LogP contribution in [0.3, 0.4) is 0 Å². The van der Waals surface area contributed by atoms with Crippen molar-refractivity contribution in [1.82, 2.24) is 14.7 Å². The lowest BCUT2D eigenvalue weighted by atomic mass is 9.95. The lowest BCUT2D eigenvalue weighted by molar-refractivity contribution is 0.0973. The zero-order valence-electron chi connectivity index (χ0n) is 23.7. The van der Waals surface area contributed by atoms with Crippen molar-refractivity contribution in [2.24, 2.45) is 0 Å². The molecule has 2 heterocycles. The molecule has 1 N–H and O–H groups in total. The number of aryl methyl sites for hydroxylation is 2. The summed E-state index contributed by atoms with van der Waals surface area (Å²) < 4.78 is 10.8. The normalized spacial score (nSPS) is 12.9. The van der Waals surface area contributed by atoms with E-state index in [1.165, 1.54) is 11.9 Å². The van der Waals surface area contributed by atoms with Crippen LogP contribution in [0.5, 0.6) is 0 Å². The van der Waals surface area contributed by atoms with E-state index in [9.17, 15) is 10.1 Å². The number of nitrogens with one attached hydrogen (secondary N) is 1. The second kappa shape index (κ2) is 12.1. The highest BCUT2D eigenvalue weighted by Gasteiger charge is 2.26. The molecule has 2 aromatic heterocycles. The number of aromatic nitrogens is 3. The first-order chi connectivity index (χ1) is 20.5. The van der Waals surface area contributed by atoms with Crippen LogP contribution >= 0.6 is 11.9 Å². The van der Waals surface area contributed by atoms with E-state index in [4.69, 9.17) is 9.51 Å². The van der Waals surface area contributed by atoms with E-state index in [0.717, 1.165) is 80.4 Å². The molecule has 0 amide bonds. The zero-order chi connectivity index (χ0) is 29.1. The van der Waals surface area contributed by atoms with Gasteiger partial charge in [0.15, 0.2) is 5.78 Å². The maximum atomic E-state index is 13.3. The Kier molecular flexibility index (Phi) is 7.93. The second-order valence-electron chi connectivity index (χ2n) is 10.6. The Morgan fingerprint density at radius 2 is 1.79 bits per heavy atom. The molecule has 0 bridgehead atoms. The summed E-state index contributed by atoms with van der Waals surface area (Å²) in [6.45, 7) is 4.39. The molecule has 0 spiro atoms. The standard InChI is InChI=1S/C34H31N5O2S/c1-22-23(2)37-41-34(22)38-42-31-15-9-6-12-28(31)27-17-16-24(20-26(27)18-19-35)21-39-32-29(13-7-8-14-30(32)40)36-33(39)25-10-4-3-5-11-25/h3-6,9-12,15-17,20,38H,7-8,13-14,18,21H2,1-2H3. The number of anilines is 1. The molecule has 0 saturated heterocycles. The van der Waals surface area contributed by atoms with Gasteiger partial charge in [-0.3, -0.25) is 9.52 Å². The number of carbonyl (C=O) groups excluding carboxylic acids is 1. The molecule has 1 aliphatic carbocycles. The van der Waals surface area contributed by atoms with Gasteiger partial charge in [0.1, 0.15) is 11.5 Å². The molecule has 6 rings (SSSR count). The van der Waals surface area contributed by atoms with Crippen LogP contribution in [0.1, 0.15) is 57.8 Å². The highest BCUT2D eigenvalue weighted by Crippen LogP contribution is 2.36. The molecule has 210 valence electrons. The van der Waals surface area contributed by atoms with E-state index in [-0.39, 0.29) is 12.2 Å². The van der Waals surface area contributed by atoms with E-state index in [1.54, 1.807) is 0 Å². The number of Topliss-reactive ketones (excluding diaryl/α,β-unsaturated/α-hetero) is 1. The molecule has 0 saturated carbocycles. The van der Waals surface area contributed by atoms with Crippen LogP contribution in [-0.2, 0) is 19.4 Å². The molecule has 0 fully saturated rings. The monoisotopic (exact) mass is 573 g/mol. The summed E-state index contributed by atoms with van der Waals surface area (Å²) in [4.78, 5) is 19.3. The number of nitriles is 1. The molecule has 0 unspecified atom stereocenters. The molecule has 42 heavy (non-hydrogen) atoms. The molecule has 0 radical (unpaired) electrons. The Morgan fingerprint density at radius 1 is 1.00 bits per heavy atom. The number of ketones is 1. The predicted molar refractivity (Wildman–Crippen MR) is 165 cm³/mol. The highest BCUT2D eigenvalue weighted by atomic mass is 32.2. The fraction of sp³-hybridized carbons (Fsp3) is 0.235. The van der Waals surface area contributed by atoms with Crippen molar-refractivity contribution in [3.8, 4) is 28.6 Å². The van der Waals surface area contributed by atoms with Gasteiger partial charge in [0.05, 0.1) is 23.9 Å². The summed E-state index contributed by atoms with van der Waals surface area (Å²) >= 11 is 1.46. The van der Waals surface area contributed by atoms with Crippen LogP contribution in [0.4, 0.5) is 5.88 Å². The summed E-state index contributed by atoms with van der Waals surface area (Å²) in [6, 6.07) is 26.8. The summed E-state index contributed by atoms with van der Waals surface area (Å²) in [6.07, 6.45) is 3.47. The largest absolute Gasteiger partial charge is 0.337 e. The number of benzene rings is 3. The van der Waals surface area contributed by atoms with E-state index >= 15 is 0 Å². The average Bonchev–Trinajstić information content (AvgIpc) is 3.46. The zero-order valence-corrected chi connectivity index (χ0v) is 24.5. The van der Waals surface area contributed by atoms with Gasteiger partial charge < -0.3 is 9.09 Å². The van der Waals surface area contributed by atoms with Crippen LogP contribution in [0.2, 0.25) is 0 Å². The number of hydrogen-bond acceptors (Lipinski definition) is 7. The van der Waals surface area contributed by atoms with Gasteiger partial charge in [-0.05, 0) is 73.4 Å². The predicted octanol–water partition coefficient (Wildman–Crippen LogP) is 7.96. The summed E-state index contributed by atoms with van der Waals surface area (Å²) in [5.74, 6) is 1.59. The number of rotatable bonds is 8. The van der Waals surface area contributed by atoms with Crippen LogP contribution < -0.4 is 4.72 Å². The van der Waals surface area contributed by atoms with E-state index in [0.29, 0.717) is 18.8 Å². The first kappa shape index (κ1) is 27.6. The van der Waals surface area contributed by atoms with Crippen molar-refractivity contribution in [2.45, 2.75) is 57.4 Å². The number of carbonyl (C=O) groups is 1. The van der Waals surface area contributed by atoms with Crippen molar-refractivity contribution in [3.63, 3.8) is 0 Å². The third kappa shape index (κ3) is 5.48. The van der Waals surface area contributed by atoms with E-state index in [2.05, 4.69) is 44.8 Å². The minimum Gasteiger partial charge on any atom is -0.337 e. The quantitative estimate of drug-likeness (QED) is 0.149. The van der Waals surface area contributed by atoms with Crippen molar-refractivity contribution in [3.05, 3.63) is 107 Å². The molecule has 0 atom stereocenters. The summed E-state index contributed by atoms with van der Waals surface area (Å²) in [5.41, 5.74) is 8.41. The van der Waals surface area contributed by atoms with Crippen LogP contribution in [0.15, 0.2) is 82.2 Å². The Morgan fingerprint density at radius 3 is 2.57 bits per heavy atom. The smallest absolute Gasteiger partial charge is 0.237 e. The maximum Gasteiger partial charge on any atom is 0.237 e. The fourth-order valence-electron chi connectivity index (χ4n) is 5.46. The van der Waals surface area contributed by atoms with E-state index < -0.39 is 0 Å². The van der Waals surface area contributed by atoms with Crippen LogP contribution in [0.25, 0.3) is 22.5 Å². The SMILES string of the molecule is Cc1noc(NSc2ccccc2-c2ccc(Cn3c(-c4ccccc4)nc4c3C(=O)CCCC4)cc2CC#N)c1C. The van der Waals surface area contributed by atoms with Crippen molar-refractivity contribution in [1.29, 1.82) is 5.26 Å². The molecule has 7 nitrogen and oxygen atoms in total. The van der Waals surface area contributed by atoms with Gasteiger partial charge in [0, 0.05) is 29.0 Å². The minimum absolute atomic E-state index is 0.154. The molecule has 3 aromatic carbocycles. The maximum absolute atomic E-state index is 13.3. The lowest BCUT2D eigenvalue weighted by Gasteiger charge is -2.16. The highest BCUT2D eigenvalue weighted by molar-refractivity contribution is 8.00. The second-order valence-corrected chi connectivity index (χ2v) is 11.4. The van der Waals surface area contributed by atoms with Gasteiger partial charge in [-0.1, -0.05) is 71.9 Å². The molecule has 8 heteroatoms. The van der Waals surface area contributed by atoms with Crippen molar-refractivity contribution in [2.75, 3.05) is 4.72 Å². The van der Waals surface area contributed by atoms with Crippen molar-refractivity contribution >= 4 is 23.6 Å². The topological polar surface area (TPSA) is 96.7 Å². The minimum atomic E-state index is 0.154. The van der Waals surface area contributed by atoms with Crippen LogP contribution in [-0.4, -0.2) is 20.5 Å². The fourth-order valence-corrected chi connectivity index (χ4v) is 6.29. The van der Waals surface area contributed by atoms with E-state index in [1.807, 2.05) is 62.4 Å². The van der Waals surface area contributed by atoms with Gasteiger partial charge in [-0.25, -0.2) is 4.98 Å². The Balaban J connectivity index is 1.37. The Labute approximate surface area is 249 Å². The molecule has 0 aliphatic heterocycles. The number of hydrogen-bond donors (Lipinski definition) is 1. The lowest BCUT2D eigenvalue weighted by Crippen LogP contribution is -2.12. The van der Waals surface area contributed by atoms with Crippen LogP contribution in [0, 0.1) is 25.2 Å². The number of fused-ring (bicyclic) bond motifs is 1. The van der Waals surface area contributed by atoms with Gasteiger partial charge in [0.2, 0.25) is 5.88 Å². The first-order valence-electron chi connectivity index (χ1n) is 14.2. The molecular weight excluding hydrogens is 542 g/mol. The number of imidazole rings is 1. The summed E-state index contributed by atoms with van der Waals surface area (Å²) in [7, 11) is 0. The van der Waals surface area contributed by atoms with Gasteiger partial charge in [-0.2, -0.15) is 5.26 Å². The van der Waals surface area contributed by atoms with Gasteiger partial charge >= 0.3 is 0 Å². The Bertz CT molecular complexity index is 1800. The van der Waals surface area contributed by atoms with Gasteiger partial charge in [0.25, 0.3) is 0 Å². The first-order valence-corrected chi connectivity index (χ1v) is 15.0. The molecule has 5 aromatic rings. The molecular formula is C34H31N5O2S. The third-order valence-corrected chi connectivity index (χ3v) is 8.63. The van der Waals surface area contributed by atoms with Gasteiger partial charge in [-0.15, -0.1) is 0 Å². The Hall–Kier alpha value is -4.61. The van der Waals surface area contributed by atoms with Crippen molar-refractivity contribution < 1.29 is 9.32 Å². The molecule has 1 aliphatic rings.